The SMILES string of the molecule is CCCCCCCCCCCC[C@@](C)(OC(=O)CCCCCCCCCCC)c1ccc(C)cc1. The summed E-state index contributed by atoms with van der Waals surface area (Å²) in [4.78, 5) is 12.8. The van der Waals surface area contributed by atoms with Gasteiger partial charge in [0.1, 0.15) is 5.60 Å². The lowest BCUT2D eigenvalue weighted by Crippen LogP contribution is -2.29. The van der Waals surface area contributed by atoms with E-state index in [1.54, 1.807) is 0 Å². The molecule has 0 fully saturated rings. The fraction of sp³-hybridized carbons (Fsp3) is 0.788. The molecule has 0 saturated heterocycles. The molecular weight excluding hydrogens is 428 g/mol. The number of ether oxygens (including phenoxy) is 1. The van der Waals surface area contributed by atoms with Gasteiger partial charge in [-0.15, -0.1) is 0 Å². The van der Waals surface area contributed by atoms with Crippen molar-refractivity contribution in [2.75, 3.05) is 0 Å². The minimum Gasteiger partial charge on any atom is -0.454 e. The van der Waals surface area contributed by atoms with Crippen LogP contribution in [0.4, 0.5) is 0 Å². The Hall–Kier alpha value is -1.31. The lowest BCUT2D eigenvalue weighted by atomic mass is 9.89. The van der Waals surface area contributed by atoms with E-state index in [2.05, 4.69) is 52.0 Å². The number of hydrogen-bond acceptors (Lipinski definition) is 2. The van der Waals surface area contributed by atoms with Crippen LogP contribution in [-0.2, 0) is 15.1 Å². The zero-order valence-electron chi connectivity index (χ0n) is 24.0. The van der Waals surface area contributed by atoms with Crippen LogP contribution in [0, 0.1) is 6.92 Å². The van der Waals surface area contributed by atoms with Crippen LogP contribution in [0.5, 0.6) is 0 Å². The van der Waals surface area contributed by atoms with Gasteiger partial charge in [0, 0.05) is 6.42 Å². The summed E-state index contributed by atoms with van der Waals surface area (Å²) in [5, 5.41) is 0. The number of hydrogen-bond donors (Lipinski definition) is 0. The number of rotatable bonds is 23. The first-order chi connectivity index (χ1) is 17.0. The maximum atomic E-state index is 12.8. The highest BCUT2D eigenvalue weighted by atomic mass is 16.6. The maximum absolute atomic E-state index is 12.8. The van der Waals surface area contributed by atoms with Crippen molar-refractivity contribution in [3.63, 3.8) is 0 Å². The number of benzene rings is 1. The van der Waals surface area contributed by atoms with Crippen molar-refractivity contribution in [2.45, 2.75) is 168 Å². The summed E-state index contributed by atoms with van der Waals surface area (Å²) < 4.78 is 6.18. The highest BCUT2D eigenvalue weighted by molar-refractivity contribution is 5.70. The molecular formula is C33H58O2. The van der Waals surface area contributed by atoms with E-state index in [0.717, 1.165) is 31.2 Å². The first kappa shape index (κ1) is 31.7. The van der Waals surface area contributed by atoms with Crippen molar-refractivity contribution in [1.29, 1.82) is 0 Å². The predicted molar refractivity (Wildman–Crippen MR) is 153 cm³/mol. The molecule has 0 N–H and O–H groups in total. The van der Waals surface area contributed by atoms with Crippen LogP contribution in [0.25, 0.3) is 0 Å². The van der Waals surface area contributed by atoms with E-state index in [4.69, 9.17) is 4.74 Å². The van der Waals surface area contributed by atoms with Gasteiger partial charge in [0.05, 0.1) is 0 Å². The molecule has 2 heteroatoms. The first-order valence-corrected chi connectivity index (χ1v) is 15.3. The summed E-state index contributed by atoms with van der Waals surface area (Å²) in [6.45, 7) is 8.78. The fourth-order valence-corrected chi connectivity index (χ4v) is 4.99. The normalized spacial score (nSPS) is 13.0. The Balaban J connectivity index is 2.35. The molecule has 1 aromatic rings. The second-order valence-electron chi connectivity index (χ2n) is 11.1. The zero-order valence-corrected chi connectivity index (χ0v) is 24.0. The largest absolute Gasteiger partial charge is 0.454 e. The van der Waals surface area contributed by atoms with Crippen LogP contribution in [0.3, 0.4) is 0 Å². The first-order valence-electron chi connectivity index (χ1n) is 15.3. The van der Waals surface area contributed by atoms with Gasteiger partial charge >= 0.3 is 5.97 Å². The summed E-state index contributed by atoms with van der Waals surface area (Å²) in [5.74, 6) is -0.0249. The number of esters is 1. The summed E-state index contributed by atoms with van der Waals surface area (Å²) in [6, 6.07) is 8.58. The summed E-state index contributed by atoms with van der Waals surface area (Å²) >= 11 is 0. The number of carbonyl (C=O) groups excluding carboxylic acids is 1. The van der Waals surface area contributed by atoms with Crippen LogP contribution >= 0.6 is 0 Å². The summed E-state index contributed by atoms with van der Waals surface area (Å²) in [6.07, 6.45) is 26.1. The fourth-order valence-electron chi connectivity index (χ4n) is 4.99. The average molecular weight is 487 g/mol. The molecule has 0 aliphatic rings. The third kappa shape index (κ3) is 16.1. The van der Waals surface area contributed by atoms with Crippen molar-refractivity contribution >= 4 is 5.97 Å². The third-order valence-corrected chi connectivity index (χ3v) is 7.49. The minimum atomic E-state index is -0.510. The highest BCUT2D eigenvalue weighted by Crippen LogP contribution is 2.32. The van der Waals surface area contributed by atoms with Crippen LogP contribution in [0.15, 0.2) is 24.3 Å². The van der Waals surface area contributed by atoms with Gasteiger partial charge < -0.3 is 4.74 Å². The lowest BCUT2D eigenvalue weighted by molar-refractivity contribution is -0.160. The molecule has 1 atom stereocenters. The zero-order chi connectivity index (χ0) is 25.6. The van der Waals surface area contributed by atoms with Crippen LogP contribution in [-0.4, -0.2) is 5.97 Å². The van der Waals surface area contributed by atoms with E-state index in [1.165, 1.54) is 108 Å². The van der Waals surface area contributed by atoms with E-state index in [1.807, 2.05) is 0 Å². The standard InChI is InChI=1S/C33H58O2/c1-5-7-9-11-13-15-17-19-21-23-29-33(4,31-27-25-30(3)26-28-31)35-32(34)24-22-20-18-16-14-12-10-8-6-2/h25-28H,5-24,29H2,1-4H3/t33-/m1/s1. The molecule has 0 aromatic heterocycles. The molecule has 35 heavy (non-hydrogen) atoms. The molecule has 0 spiro atoms. The lowest BCUT2D eigenvalue weighted by Gasteiger charge is -2.30. The number of carbonyl (C=O) groups is 1. The molecule has 202 valence electrons. The van der Waals surface area contributed by atoms with E-state index in [-0.39, 0.29) is 5.97 Å². The van der Waals surface area contributed by atoms with Gasteiger partial charge in [-0.3, -0.25) is 4.79 Å². The topological polar surface area (TPSA) is 26.3 Å². The van der Waals surface area contributed by atoms with Gasteiger partial charge in [0.15, 0.2) is 0 Å². The Morgan fingerprint density at radius 3 is 1.49 bits per heavy atom. The monoisotopic (exact) mass is 486 g/mol. The molecule has 0 heterocycles. The maximum Gasteiger partial charge on any atom is 0.306 e. The Kier molecular flexibility index (Phi) is 18.9. The van der Waals surface area contributed by atoms with Gasteiger partial charge in [-0.2, -0.15) is 0 Å². The Morgan fingerprint density at radius 2 is 1.03 bits per heavy atom. The molecule has 1 rings (SSSR count). The Labute approximate surface area is 219 Å². The quantitative estimate of drug-likeness (QED) is 0.113. The second-order valence-corrected chi connectivity index (χ2v) is 11.1. The van der Waals surface area contributed by atoms with E-state index < -0.39 is 5.60 Å². The van der Waals surface area contributed by atoms with Crippen molar-refractivity contribution in [3.8, 4) is 0 Å². The molecule has 2 nitrogen and oxygen atoms in total. The average Bonchev–Trinajstić information content (AvgIpc) is 2.84. The predicted octanol–water partition coefficient (Wildman–Crippen LogP) is 11.0. The molecule has 1 aromatic carbocycles. The van der Waals surface area contributed by atoms with Crippen molar-refractivity contribution in [2.24, 2.45) is 0 Å². The molecule has 0 radical (unpaired) electrons. The van der Waals surface area contributed by atoms with Crippen LogP contribution < -0.4 is 0 Å². The minimum absolute atomic E-state index is 0.0249. The highest BCUT2D eigenvalue weighted by Gasteiger charge is 2.30. The van der Waals surface area contributed by atoms with Gasteiger partial charge in [0.2, 0.25) is 0 Å². The molecule has 0 unspecified atom stereocenters. The van der Waals surface area contributed by atoms with E-state index in [9.17, 15) is 4.79 Å². The van der Waals surface area contributed by atoms with Gasteiger partial charge in [-0.25, -0.2) is 0 Å². The summed E-state index contributed by atoms with van der Waals surface area (Å²) in [5.41, 5.74) is 1.88. The van der Waals surface area contributed by atoms with Crippen molar-refractivity contribution in [1.82, 2.24) is 0 Å². The van der Waals surface area contributed by atoms with E-state index >= 15 is 0 Å². The molecule has 0 aliphatic carbocycles. The third-order valence-electron chi connectivity index (χ3n) is 7.49. The smallest absolute Gasteiger partial charge is 0.306 e. The summed E-state index contributed by atoms with van der Waals surface area (Å²) in [7, 11) is 0. The van der Waals surface area contributed by atoms with Crippen molar-refractivity contribution < 1.29 is 9.53 Å². The molecule has 0 aliphatic heterocycles. The second kappa shape index (κ2) is 20.8. The molecule has 0 amide bonds. The number of aryl methyl sites for hydroxylation is 1. The van der Waals surface area contributed by atoms with Crippen LogP contribution in [0.1, 0.15) is 167 Å². The molecule has 0 bridgehead atoms. The van der Waals surface area contributed by atoms with Crippen molar-refractivity contribution in [3.05, 3.63) is 35.4 Å². The van der Waals surface area contributed by atoms with Gasteiger partial charge in [-0.1, -0.05) is 153 Å². The Morgan fingerprint density at radius 1 is 0.629 bits per heavy atom. The molecule has 0 saturated carbocycles. The Bertz CT molecular complexity index is 620. The van der Waals surface area contributed by atoms with Gasteiger partial charge in [-0.05, 0) is 38.7 Å². The number of unbranched alkanes of at least 4 members (excludes halogenated alkanes) is 17. The van der Waals surface area contributed by atoms with E-state index in [0.29, 0.717) is 6.42 Å². The van der Waals surface area contributed by atoms with Gasteiger partial charge in [0.25, 0.3) is 0 Å². The van der Waals surface area contributed by atoms with Crippen LogP contribution in [0.2, 0.25) is 0 Å².